The molecule has 1 aliphatic carbocycles. The van der Waals surface area contributed by atoms with E-state index in [0.717, 1.165) is 24.2 Å². The van der Waals surface area contributed by atoms with Gasteiger partial charge in [-0.05, 0) is 48.7 Å². The zero-order valence-corrected chi connectivity index (χ0v) is 17.0. The molecule has 0 aromatic heterocycles. The molecule has 1 saturated carbocycles. The molecule has 0 bridgehead atoms. The van der Waals surface area contributed by atoms with E-state index in [0.29, 0.717) is 6.54 Å². The van der Waals surface area contributed by atoms with Crippen LogP contribution in [0, 0.1) is 0 Å². The standard InChI is InChI=1S/C20H24N2O5S/c1-22(13-14-4-9-17(26-2)10-5-14)20(23)15-6-11-18(27-3)19(12-15)28(24,25)21-16-7-8-16/h4-6,9-12,16,21H,7-8,13H2,1-3H3. The molecular formula is C20H24N2O5S. The molecule has 1 N–H and O–H groups in total. The highest BCUT2D eigenvalue weighted by atomic mass is 32.2. The van der Waals surface area contributed by atoms with Crippen LogP contribution in [-0.2, 0) is 16.6 Å². The van der Waals surface area contributed by atoms with Crippen LogP contribution in [0.2, 0.25) is 0 Å². The number of ether oxygens (including phenoxy) is 2. The number of methoxy groups -OCH3 is 2. The molecule has 1 aliphatic rings. The number of amides is 1. The van der Waals surface area contributed by atoms with Gasteiger partial charge in [0, 0.05) is 25.2 Å². The third kappa shape index (κ3) is 4.63. The maximum atomic E-state index is 12.8. The Hall–Kier alpha value is -2.58. The zero-order valence-electron chi connectivity index (χ0n) is 16.1. The molecule has 0 saturated heterocycles. The summed E-state index contributed by atoms with van der Waals surface area (Å²) >= 11 is 0. The Bertz CT molecular complexity index is 953. The van der Waals surface area contributed by atoms with Gasteiger partial charge in [-0.15, -0.1) is 0 Å². The number of benzene rings is 2. The number of hydrogen-bond donors (Lipinski definition) is 1. The summed E-state index contributed by atoms with van der Waals surface area (Å²) in [5.41, 5.74) is 1.22. The van der Waals surface area contributed by atoms with Crippen molar-refractivity contribution in [2.75, 3.05) is 21.3 Å². The minimum atomic E-state index is -3.75. The van der Waals surface area contributed by atoms with Gasteiger partial charge in [-0.25, -0.2) is 13.1 Å². The molecule has 7 nitrogen and oxygen atoms in total. The second kappa shape index (κ2) is 8.20. The average Bonchev–Trinajstić information content (AvgIpc) is 3.50. The van der Waals surface area contributed by atoms with Gasteiger partial charge in [0.2, 0.25) is 10.0 Å². The molecule has 28 heavy (non-hydrogen) atoms. The lowest BCUT2D eigenvalue weighted by atomic mass is 10.1. The number of carbonyl (C=O) groups is 1. The van der Waals surface area contributed by atoms with Crippen LogP contribution >= 0.6 is 0 Å². The van der Waals surface area contributed by atoms with Gasteiger partial charge in [0.1, 0.15) is 16.4 Å². The van der Waals surface area contributed by atoms with E-state index in [1.54, 1.807) is 20.2 Å². The molecule has 1 fully saturated rings. The highest BCUT2D eigenvalue weighted by Gasteiger charge is 2.30. The molecule has 8 heteroatoms. The molecule has 1 amide bonds. The fourth-order valence-corrected chi connectivity index (χ4v) is 4.30. The summed E-state index contributed by atoms with van der Waals surface area (Å²) in [6, 6.07) is 11.8. The van der Waals surface area contributed by atoms with Crippen LogP contribution < -0.4 is 14.2 Å². The highest BCUT2D eigenvalue weighted by molar-refractivity contribution is 7.89. The van der Waals surface area contributed by atoms with Crippen LogP contribution in [0.3, 0.4) is 0 Å². The normalized spacial score (nSPS) is 13.8. The van der Waals surface area contributed by atoms with Crippen LogP contribution in [-0.4, -0.2) is 46.5 Å². The molecule has 0 heterocycles. The summed E-state index contributed by atoms with van der Waals surface area (Å²) in [5.74, 6) is 0.676. The molecular weight excluding hydrogens is 380 g/mol. The van der Waals surface area contributed by atoms with E-state index in [2.05, 4.69) is 4.72 Å². The van der Waals surface area contributed by atoms with Crippen molar-refractivity contribution in [2.45, 2.75) is 30.3 Å². The fraction of sp³-hybridized carbons (Fsp3) is 0.350. The molecule has 0 unspecified atom stereocenters. The first-order chi connectivity index (χ1) is 13.3. The van der Waals surface area contributed by atoms with Gasteiger partial charge in [0.05, 0.1) is 14.2 Å². The minimum Gasteiger partial charge on any atom is -0.497 e. The lowest BCUT2D eigenvalue weighted by Gasteiger charge is -2.19. The van der Waals surface area contributed by atoms with Crippen LogP contribution in [0.1, 0.15) is 28.8 Å². The van der Waals surface area contributed by atoms with Crippen LogP contribution in [0.4, 0.5) is 0 Å². The van der Waals surface area contributed by atoms with Crippen molar-refractivity contribution in [3.05, 3.63) is 53.6 Å². The summed E-state index contributed by atoms with van der Waals surface area (Å²) < 4.78 is 38.2. The van der Waals surface area contributed by atoms with Gasteiger partial charge >= 0.3 is 0 Å². The fourth-order valence-electron chi connectivity index (χ4n) is 2.80. The van der Waals surface area contributed by atoms with Gasteiger partial charge in [-0.3, -0.25) is 4.79 Å². The molecule has 0 aliphatic heterocycles. The molecule has 0 atom stereocenters. The first-order valence-electron chi connectivity index (χ1n) is 8.93. The second-order valence-electron chi connectivity index (χ2n) is 6.77. The first-order valence-corrected chi connectivity index (χ1v) is 10.4. The number of nitrogens with one attached hydrogen (secondary N) is 1. The maximum absolute atomic E-state index is 12.8. The van der Waals surface area contributed by atoms with Crippen molar-refractivity contribution >= 4 is 15.9 Å². The Balaban J connectivity index is 1.81. The molecule has 0 spiro atoms. The largest absolute Gasteiger partial charge is 0.497 e. The molecule has 3 rings (SSSR count). The van der Waals surface area contributed by atoms with E-state index in [9.17, 15) is 13.2 Å². The van der Waals surface area contributed by atoms with Crippen molar-refractivity contribution in [3.63, 3.8) is 0 Å². The van der Waals surface area contributed by atoms with E-state index in [1.807, 2.05) is 24.3 Å². The third-order valence-electron chi connectivity index (χ3n) is 4.52. The SMILES string of the molecule is COc1ccc(CN(C)C(=O)c2ccc(OC)c(S(=O)(=O)NC3CC3)c2)cc1. The Labute approximate surface area is 165 Å². The average molecular weight is 404 g/mol. The first kappa shape index (κ1) is 20.2. The lowest BCUT2D eigenvalue weighted by molar-refractivity contribution is 0.0785. The quantitative estimate of drug-likeness (QED) is 0.730. The summed E-state index contributed by atoms with van der Waals surface area (Å²) in [7, 11) is 0.927. The lowest BCUT2D eigenvalue weighted by Crippen LogP contribution is -2.28. The number of rotatable bonds is 8. The van der Waals surface area contributed by atoms with Crippen molar-refractivity contribution in [2.24, 2.45) is 0 Å². The van der Waals surface area contributed by atoms with Gasteiger partial charge < -0.3 is 14.4 Å². The van der Waals surface area contributed by atoms with Crippen LogP contribution in [0.5, 0.6) is 11.5 Å². The zero-order chi connectivity index (χ0) is 20.3. The minimum absolute atomic E-state index is 0.0226. The number of hydrogen-bond acceptors (Lipinski definition) is 5. The second-order valence-corrected chi connectivity index (χ2v) is 8.45. The highest BCUT2D eigenvalue weighted by Crippen LogP contribution is 2.28. The molecule has 150 valence electrons. The topological polar surface area (TPSA) is 84.9 Å². The number of carbonyl (C=O) groups excluding carboxylic acids is 1. The predicted molar refractivity (Wildman–Crippen MR) is 105 cm³/mol. The van der Waals surface area contributed by atoms with Crippen LogP contribution in [0.25, 0.3) is 0 Å². The Morgan fingerprint density at radius 3 is 2.36 bits per heavy atom. The summed E-state index contributed by atoms with van der Waals surface area (Å²) in [6.45, 7) is 0.386. The van der Waals surface area contributed by atoms with Crippen molar-refractivity contribution in [1.29, 1.82) is 0 Å². The summed E-state index contributed by atoms with van der Waals surface area (Å²) in [5, 5.41) is 0. The smallest absolute Gasteiger partial charge is 0.253 e. The van der Waals surface area contributed by atoms with E-state index in [-0.39, 0.29) is 28.2 Å². The van der Waals surface area contributed by atoms with Crippen molar-refractivity contribution in [3.8, 4) is 11.5 Å². The summed E-state index contributed by atoms with van der Waals surface area (Å²) in [6.07, 6.45) is 1.65. The van der Waals surface area contributed by atoms with E-state index in [4.69, 9.17) is 9.47 Å². The Morgan fingerprint density at radius 1 is 1.11 bits per heavy atom. The van der Waals surface area contributed by atoms with E-state index >= 15 is 0 Å². The van der Waals surface area contributed by atoms with Crippen molar-refractivity contribution < 1.29 is 22.7 Å². The molecule has 2 aromatic carbocycles. The number of sulfonamides is 1. The van der Waals surface area contributed by atoms with Gasteiger partial charge in [-0.1, -0.05) is 12.1 Å². The Kier molecular flexibility index (Phi) is 5.90. The van der Waals surface area contributed by atoms with Crippen LogP contribution in [0.15, 0.2) is 47.4 Å². The Morgan fingerprint density at radius 2 is 1.79 bits per heavy atom. The monoisotopic (exact) mass is 404 g/mol. The number of nitrogens with zero attached hydrogens (tertiary/aromatic N) is 1. The van der Waals surface area contributed by atoms with Gasteiger partial charge in [0.15, 0.2) is 0 Å². The predicted octanol–water partition coefficient (Wildman–Crippen LogP) is 2.42. The van der Waals surface area contributed by atoms with Crippen molar-refractivity contribution in [1.82, 2.24) is 9.62 Å². The van der Waals surface area contributed by atoms with Gasteiger partial charge in [-0.2, -0.15) is 0 Å². The summed E-state index contributed by atoms with van der Waals surface area (Å²) in [4.78, 5) is 14.3. The van der Waals surface area contributed by atoms with E-state index in [1.165, 1.54) is 24.1 Å². The molecule has 0 radical (unpaired) electrons. The molecule has 2 aromatic rings. The van der Waals surface area contributed by atoms with E-state index < -0.39 is 10.0 Å². The van der Waals surface area contributed by atoms with Gasteiger partial charge in [0.25, 0.3) is 5.91 Å². The maximum Gasteiger partial charge on any atom is 0.253 e. The third-order valence-corrected chi connectivity index (χ3v) is 6.07.